The summed E-state index contributed by atoms with van der Waals surface area (Å²) in [5, 5.41) is 0.675. The molecule has 4 rings (SSSR count). The first-order chi connectivity index (χ1) is 13.9. The van der Waals surface area contributed by atoms with Gasteiger partial charge >= 0.3 is 0 Å². The molecule has 0 atom stereocenters. The van der Waals surface area contributed by atoms with Gasteiger partial charge < -0.3 is 15.0 Å². The summed E-state index contributed by atoms with van der Waals surface area (Å²) in [4.78, 5) is 16.8. The van der Waals surface area contributed by atoms with Crippen LogP contribution in [-0.4, -0.2) is 13.5 Å². The first-order valence-electron chi connectivity index (χ1n) is 8.27. The van der Waals surface area contributed by atoms with E-state index in [0.717, 1.165) is 12.1 Å². The molecule has 3 aromatic heterocycles. The maximum atomic E-state index is 14.1. The highest BCUT2D eigenvalue weighted by Gasteiger charge is 2.19. The lowest BCUT2D eigenvalue weighted by molar-refractivity contribution is 0.425. The number of halogens is 3. The van der Waals surface area contributed by atoms with Crippen molar-refractivity contribution in [2.75, 3.05) is 5.73 Å². The molecule has 0 aliphatic carbocycles. The molecule has 0 aliphatic rings. The predicted molar refractivity (Wildman–Crippen MR) is 118 cm³/mol. The molecule has 148 valence electrons. The molecule has 0 aliphatic heterocycles. The van der Waals surface area contributed by atoms with Crippen LogP contribution in [0.4, 0.5) is 14.5 Å². The van der Waals surface area contributed by atoms with Crippen LogP contribution in [0.15, 0.2) is 53.7 Å². The van der Waals surface area contributed by atoms with E-state index in [1.165, 1.54) is 25.9 Å². The highest BCUT2D eigenvalue weighted by atomic mass is 127. The highest BCUT2D eigenvalue weighted by molar-refractivity contribution is 14.2. The zero-order valence-electron chi connectivity index (χ0n) is 14.9. The lowest BCUT2D eigenvalue weighted by Gasteiger charge is -2.13. The predicted octanol–water partition coefficient (Wildman–Crippen LogP) is 4.90. The van der Waals surface area contributed by atoms with Gasteiger partial charge in [-0.1, -0.05) is 0 Å². The first kappa shape index (κ1) is 19.7. The Labute approximate surface area is 180 Å². The lowest BCUT2D eigenvalue weighted by Crippen LogP contribution is -2.18. The van der Waals surface area contributed by atoms with Gasteiger partial charge in [-0.25, -0.2) is 13.8 Å². The molecule has 0 radical (unpaired) electrons. The van der Waals surface area contributed by atoms with Crippen LogP contribution in [0.1, 0.15) is 0 Å². The van der Waals surface area contributed by atoms with Crippen molar-refractivity contribution in [3.05, 3.63) is 70.9 Å². The van der Waals surface area contributed by atoms with Crippen molar-refractivity contribution in [3.63, 3.8) is 0 Å². The summed E-state index contributed by atoms with van der Waals surface area (Å²) in [6, 6.07) is 6.46. The van der Waals surface area contributed by atoms with Crippen LogP contribution in [0.25, 0.3) is 22.0 Å². The molecule has 0 bridgehead atoms. The number of aromatic nitrogens is 3. The minimum Gasteiger partial charge on any atom is -0.435 e. The van der Waals surface area contributed by atoms with Gasteiger partial charge in [-0.15, -0.1) is 0 Å². The number of hydrogen-bond acceptors (Lipinski definition) is 5. The molecule has 0 saturated heterocycles. The van der Waals surface area contributed by atoms with Gasteiger partial charge in [-0.3, -0.25) is 8.77 Å². The fraction of sp³-hybridized carbons (Fsp3) is 0.0526. The van der Waals surface area contributed by atoms with E-state index in [2.05, 4.69) is 26.2 Å². The smallest absolute Gasteiger partial charge is 0.275 e. The van der Waals surface area contributed by atoms with E-state index in [0.29, 0.717) is 27.7 Å². The standard InChI is InChI=1S/C19H13F2IN4O2S/c1-25-9-14(12-4-5-26(29-22)17(12)19(25)27)13-7-11(23)8-24-18(13)28-16-3-2-10(20)6-15(16)21/h2-9H,23H2,1H3. The minimum absolute atomic E-state index is 0.0829. The normalized spacial score (nSPS) is 11.2. The lowest BCUT2D eigenvalue weighted by atomic mass is 10.0. The van der Waals surface area contributed by atoms with E-state index in [-0.39, 0.29) is 17.2 Å². The van der Waals surface area contributed by atoms with Gasteiger partial charge in [0.1, 0.15) is 11.3 Å². The van der Waals surface area contributed by atoms with Crippen molar-refractivity contribution in [1.82, 2.24) is 13.5 Å². The third-order valence-corrected chi connectivity index (χ3v) is 6.05. The summed E-state index contributed by atoms with van der Waals surface area (Å²) < 4.78 is 36.2. The van der Waals surface area contributed by atoms with Crippen molar-refractivity contribution < 1.29 is 13.5 Å². The second-order valence-electron chi connectivity index (χ2n) is 6.23. The molecule has 0 spiro atoms. The number of rotatable bonds is 4. The van der Waals surface area contributed by atoms with Gasteiger partial charge in [0, 0.05) is 72.3 Å². The van der Waals surface area contributed by atoms with Gasteiger partial charge in [-0.2, -0.15) is 0 Å². The van der Waals surface area contributed by atoms with Crippen LogP contribution in [-0.2, 0) is 7.05 Å². The Morgan fingerprint density at radius 3 is 2.72 bits per heavy atom. The second-order valence-corrected chi connectivity index (χ2v) is 7.94. The molecular formula is C19H13F2IN4O2S. The van der Waals surface area contributed by atoms with Gasteiger partial charge in [0.2, 0.25) is 5.88 Å². The Balaban J connectivity index is 1.94. The van der Waals surface area contributed by atoms with Crippen molar-refractivity contribution in [2.24, 2.45) is 7.05 Å². The summed E-state index contributed by atoms with van der Waals surface area (Å²) in [6.07, 6.45) is 4.81. The fourth-order valence-corrected chi connectivity index (χ4v) is 4.34. The van der Waals surface area contributed by atoms with E-state index < -0.39 is 11.6 Å². The number of pyridine rings is 2. The molecule has 29 heavy (non-hydrogen) atoms. The third-order valence-electron chi connectivity index (χ3n) is 4.33. The van der Waals surface area contributed by atoms with Gasteiger partial charge in [0.05, 0.1) is 11.9 Å². The summed E-state index contributed by atoms with van der Waals surface area (Å²) in [6.45, 7) is 0. The molecule has 0 saturated carbocycles. The summed E-state index contributed by atoms with van der Waals surface area (Å²) >= 11 is 2.09. The minimum atomic E-state index is -0.854. The Kier molecular flexibility index (Phi) is 5.21. The van der Waals surface area contributed by atoms with E-state index in [4.69, 9.17) is 10.5 Å². The summed E-state index contributed by atoms with van der Waals surface area (Å²) in [5.41, 5.74) is 7.75. The number of fused-ring (bicyclic) bond motifs is 1. The quantitative estimate of drug-likeness (QED) is 0.383. The van der Waals surface area contributed by atoms with Gasteiger partial charge in [0.15, 0.2) is 11.6 Å². The van der Waals surface area contributed by atoms with Crippen LogP contribution in [0.3, 0.4) is 0 Å². The van der Waals surface area contributed by atoms with Crippen LogP contribution < -0.4 is 16.0 Å². The van der Waals surface area contributed by atoms with Crippen LogP contribution in [0, 0.1) is 11.6 Å². The van der Waals surface area contributed by atoms with E-state index in [1.807, 2.05) is 6.07 Å². The third kappa shape index (κ3) is 3.57. The zero-order chi connectivity index (χ0) is 20.7. The average molecular weight is 526 g/mol. The molecular weight excluding hydrogens is 513 g/mol. The van der Waals surface area contributed by atoms with Crippen LogP contribution in [0.2, 0.25) is 0 Å². The average Bonchev–Trinajstić information content (AvgIpc) is 3.12. The van der Waals surface area contributed by atoms with E-state index in [1.54, 1.807) is 29.5 Å². The highest BCUT2D eigenvalue weighted by Crippen LogP contribution is 2.38. The molecule has 0 amide bonds. The molecule has 0 fully saturated rings. The van der Waals surface area contributed by atoms with Crippen LogP contribution >= 0.6 is 30.3 Å². The van der Waals surface area contributed by atoms with Crippen molar-refractivity contribution >= 4 is 46.9 Å². The molecule has 3 heterocycles. The molecule has 4 aromatic rings. The maximum Gasteiger partial charge on any atom is 0.275 e. The first-order valence-corrected chi connectivity index (χ1v) is 11.6. The number of hydrogen-bond donors (Lipinski definition) is 1. The topological polar surface area (TPSA) is 75.1 Å². The molecule has 10 heteroatoms. The molecule has 6 nitrogen and oxygen atoms in total. The van der Waals surface area contributed by atoms with Crippen molar-refractivity contribution in [3.8, 4) is 22.8 Å². The number of ether oxygens (including phenoxy) is 1. The molecule has 0 unspecified atom stereocenters. The Morgan fingerprint density at radius 1 is 1.21 bits per heavy atom. The van der Waals surface area contributed by atoms with Crippen LogP contribution in [0.5, 0.6) is 11.6 Å². The Morgan fingerprint density at radius 2 is 2.00 bits per heavy atom. The number of nitrogen functional groups attached to an aromatic ring is 1. The second kappa shape index (κ2) is 7.67. The number of nitrogens with zero attached hydrogens (tertiary/aromatic N) is 3. The fourth-order valence-electron chi connectivity index (χ4n) is 3.01. The SMILES string of the molecule is Cn1cc(-c2cc(N)cnc2Oc2ccc(F)cc2F)c2ccn(SI)c2c1=O. The van der Waals surface area contributed by atoms with Crippen molar-refractivity contribution in [2.45, 2.75) is 0 Å². The molecule has 1 aromatic carbocycles. The zero-order valence-corrected chi connectivity index (χ0v) is 17.9. The Hall–Kier alpha value is -2.60. The largest absolute Gasteiger partial charge is 0.435 e. The van der Waals surface area contributed by atoms with E-state index >= 15 is 0 Å². The molecule has 2 N–H and O–H groups in total. The van der Waals surface area contributed by atoms with Crippen molar-refractivity contribution in [1.29, 1.82) is 0 Å². The van der Waals surface area contributed by atoms with Gasteiger partial charge in [0.25, 0.3) is 5.56 Å². The number of aryl methyl sites for hydroxylation is 1. The summed E-state index contributed by atoms with van der Waals surface area (Å²) in [7, 11) is 3.00. The monoisotopic (exact) mass is 526 g/mol. The van der Waals surface area contributed by atoms with Gasteiger partial charge in [-0.05, 0) is 24.3 Å². The maximum absolute atomic E-state index is 14.1. The van der Waals surface area contributed by atoms with E-state index in [9.17, 15) is 13.6 Å². The summed E-state index contributed by atoms with van der Waals surface area (Å²) in [5.74, 6) is -1.66. The number of nitrogens with two attached hydrogens (primary N) is 1. The number of benzene rings is 1. The number of anilines is 1. The Bertz CT molecular complexity index is 1310.